The first-order valence-corrected chi connectivity index (χ1v) is 15.6. The summed E-state index contributed by atoms with van der Waals surface area (Å²) in [4.78, 5) is 23.1. The number of nitrogens with zero attached hydrogens (tertiary/aromatic N) is 3. The van der Waals surface area contributed by atoms with Gasteiger partial charge in [-0.3, -0.25) is 9.79 Å². The minimum Gasteiger partial charge on any atom is -0.360 e. The minimum absolute atomic E-state index is 0.0233. The second-order valence-corrected chi connectivity index (χ2v) is 13.5. The fourth-order valence-electron chi connectivity index (χ4n) is 6.25. The summed E-state index contributed by atoms with van der Waals surface area (Å²) >= 11 is 0. The van der Waals surface area contributed by atoms with Crippen molar-refractivity contribution in [3.63, 3.8) is 0 Å². The molecule has 3 aliphatic rings. The van der Waals surface area contributed by atoms with Crippen LogP contribution in [0.3, 0.4) is 0 Å². The number of carbonyl (C=O) groups is 1. The normalized spacial score (nSPS) is 23.2. The van der Waals surface area contributed by atoms with Crippen LogP contribution in [0.15, 0.2) is 76.6 Å². The summed E-state index contributed by atoms with van der Waals surface area (Å²) in [6.45, 7) is 6.28. The van der Waals surface area contributed by atoms with Gasteiger partial charge in [-0.1, -0.05) is 38.1 Å². The third-order valence-corrected chi connectivity index (χ3v) is 10.1. The molecule has 3 aromatic carbocycles. The Morgan fingerprint density at radius 3 is 2.60 bits per heavy atom. The molecule has 220 valence electrons. The first-order valence-electron chi connectivity index (χ1n) is 14.5. The first-order chi connectivity index (χ1) is 20.1. The van der Waals surface area contributed by atoms with E-state index in [1.165, 1.54) is 24.3 Å². The van der Waals surface area contributed by atoms with Gasteiger partial charge in [0.15, 0.2) is 0 Å². The van der Waals surface area contributed by atoms with Crippen LogP contribution >= 0.6 is 0 Å². The van der Waals surface area contributed by atoms with Gasteiger partial charge in [0, 0.05) is 31.2 Å². The van der Waals surface area contributed by atoms with Crippen LogP contribution < -0.4 is 9.62 Å². The van der Waals surface area contributed by atoms with Crippen molar-refractivity contribution in [2.75, 3.05) is 31.6 Å². The van der Waals surface area contributed by atoms with E-state index >= 15 is 0 Å². The van der Waals surface area contributed by atoms with Crippen molar-refractivity contribution in [3.8, 4) is 0 Å². The van der Waals surface area contributed by atoms with Gasteiger partial charge in [0.2, 0.25) is 5.91 Å². The van der Waals surface area contributed by atoms with Crippen LogP contribution in [0, 0.1) is 17.6 Å². The standard InChI is InChI=1S/C33H36F2N4O2S/c1-33(2)14-13-30(37-42(41)25-6-4-5-23(35)17-25)28-18-24(11-12-29(28)33)39(20-31-36-15-16-38(31)3)32(40)27-19-26(27)21-7-9-22(34)10-8-21/h4-12,17-18,26-27,30,37H,13-16,19-20H2,1-3H3. The predicted octanol–water partition coefficient (Wildman–Crippen LogP) is 5.87. The third kappa shape index (κ3) is 5.77. The summed E-state index contributed by atoms with van der Waals surface area (Å²) in [7, 11) is 0.384. The molecule has 0 aromatic heterocycles. The van der Waals surface area contributed by atoms with Gasteiger partial charge in [0.05, 0.1) is 18.0 Å². The van der Waals surface area contributed by atoms with E-state index in [-0.39, 0.29) is 35.0 Å². The predicted molar refractivity (Wildman–Crippen MR) is 162 cm³/mol. The Labute approximate surface area is 248 Å². The molecule has 1 aliphatic heterocycles. The number of amides is 1. The molecule has 2 aliphatic carbocycles. The SMILES string of the molecule is CN1CCN=C1CN(C(=O)C1CC1c1ccc(F)cc1)c1ccc2c(c1)C(NS(=O)c1cccc(F)c1)CCC2(C)C. The van der Waals surface area contributed by atoms with Gasteiger partial charge < -0.3 is 9.80 Å². The van der Waals surface area contributed by atoms with Crippen molar-refractivity contribution in [2.24, 2.45) is 10.9 Å². The van der Waals surface area contributed by atoms with E-state index in [4.69, 9.17) is 0 Å². The van der Waals surface area contributed by atoms with Gasteiger partial charge in [0.25, 0.3) is 0 Å². The second-order valence-electron chi connectivity index (χ2n) is 12.2. The van der Waals surface area contributed by atoms with Crippen LogP contribution in [-0.4, -0.2) is 47.5 Å². The van der Waals surface area contributed by atoms with Gasteiger partial charge in [0.1, 0.15) is 28.5 Å². The summed E-state index contributed by atoms with van der Waals surface area (Å²) < 4.78 is 43.9. The molecule has 0 saturated heterocycles. The number of fused-ring (bicyclic) bond motifs is 1. The fourth-order valence-corrected chi connectivity index (χ4v) is 7.31. The molecule has 1 saturated carbocycles. The molecule has 42 heavy (non-hydrogen) atoms. The third-order valence-electron chi connectivity index (χ3n) is 8.91. The molecule has 6 rings (SSSR count). The molecule has 4 unspecified atom stereocenters. The lowest BCUT2D eigenvalue weighted by Crippen LogP contribution is -2.41. The molecular formula is C33H36F2N4O2S. The molecule has 4 atom stereocenters. The lowest BCUT2D eigenvalue weighted by Gasteiger charge is -2.38. The highest BCUT2D eigenvalue weighted by Crippen LogP contribution is 2.49. The number of amidine groups is 1. The molecule has 9 heteroatoms. The number of benzene rings is 3. The van der Waals surface area contributed by atoms with E-state index in [1.54, 1.807) is 24.3 Å². The lowest BCUT2D eigenvalue weighted by atomic mass is 9.71. The molecule has 1 amide bonds. The Balaban J connectivity index is 1.32. The van der Waals surface area contributed by atoms with E-state index in [1.807, 2.05) is 18.0 Å². The number of nitrogens with one attached hydrogen (secondary N) is 1. The second kappa shape index (κ2) is 11.3. The monoisotopic (exact) mass is 590 g/mol. The van der Waals surface area contributed by atoms with Crippen LogP contribution in [0.5, 0.6) is 0 Å². The van der Waals surface area contributed by atoms with Gasteiger partial charge in [-0.05, 0) is 89.8 Å². The Morgan fingerprint density at radius 1 is 1.10 bits per heavy atom. The zero-order valence-corrected chi connectivity index (χ0v) is 25.0. The summed E-state index contributed by atoms with van der Waals surface area (Å²) in [6, 6.07) is 18.2. The van der Waals surface area contributed by atoms with Crippen LogP contribution in [-0.2, 0) is 21.2 Å². The summed E-state index contributed by atoms with van der Waals surface area (Å²) in [5.41, 5.74) is 3.79. The van der Waals surface area contributed by atoms with Crippen molar-refractivity contribution in [1.29, 1.82) is 0 Å². The lowest BCUT2D eigenvalue weighted by molar-refractivity contribution is -0.119. The molecule has 3 aromatic rings. The molecular weight excluding hydrogens is 554 g/mol. The molecule has 0 radical (unpaired) electrons. The molecule has 0 bridgehead atoms. The highest BCUT2D eigenvalue weighted by molar-refractivity contribution is 7.83. The maximum atomic E-state index is 14.1. The molecule has 1 N–H and O–H groups in total. The molecule has 1 heterocycles. The number of aliphatic imine (C=N–C) groups is 1. The van der Waals surface area contributed by atoms with Crippen LogP contribution in [0.2, 0.25) is 0 Å². The first kappa shape index (κ1) is 28.7. The molecule has 0 spiro atoms. The van der Waals surface area contributed by atoms with E-state index < -0.39 is 16.8 Å². The maximum absolute atomic E-state index is 14.1. The summed E-state index contributed by atoms with van der Waals surface area (Å²) in [5.74, 6) is 0.0401. The van der Waals surface area contributed by atoms with Gasteiger partial charge >= 0.3 is 0 Å². The van der Waals surface area contributed by atoms with E-state index in [2.05, 4.69) is 40.6 Å². The number of hydrogen-bond donors (Lipinski definition) is 1. The van der Waals surface area contributed by atoms with Crippen molar-refractivity contribution in [2.45, 2.75) is 55.4 Å². The van der Waals surface area contributed by atoms with Gasteiger partial charge in [-0.25, -0.2) is 17.7 Å². The quantitative estimate of drug-likeness (QED) is 0.357. The summed E-state index contributed by atoms with van der Waals surface area (Å²) in [5, 5.41) is 0. The van der Waals surface area contributed by atoms with Crippen LogP contribution in [0.4, 0.5) is 14.5 Å². The van der Waals surface area contributed by atoms with Crippen molar-refractivity contribution in [1.82, 2.24) is 9.62 Å². The van der Waals surface area contributed by atoms with Gasteiger partial charge in [-0.2, -0.15) is 0 Å². The number of likely N-dealkylation sites (N-methyl/N-ethyl adjacent to an activating group) is 1. The summed E-state index contributed by atoms with van der Waals surface area (Å²) in [6.07, 6.45) is 2.37. The van der Waals surface area contributed by atoms with Crippen LogP contribution in [0.1, 0.15) is 61.8 Å². The highest BCUT2D eigenvalue weighted by atomic mass is 32.2. The Kier molecular flexibility index (Phi) is 7.74. The number of rotatable bonds is 8. The highest BCUT2D eigenvalue weighted by Gasteiger charge is 2.46. The molecule has 1 fully saturated rings. The average Bonchev–Trinajstić information content (AvgIpc) is 3.67. The van der Waals surface area contributed by atoms with Crippen molar-refractivity contribution in [3.05, 3.63) is 95.1 Å². The van der Waals surface area contributed by atoms with E-state index in [0.29, 0.717) is 18.0 Å². The Hall–Kier alpha value is -3.43. The number of halogens is 2. The average molecular weight is 591 g/mol. The van der Waals surface area contributed by atoms with Crippen molar-refractivity contribution < 1.29 is 17.8 Å². The Morgan fingerprint density at radius 2 is 1.88 bits per heavy atom. The van der Waals surface area contributed by atoms with E-state index in [0.717, 1.165) is 54.0 Å². The van der Waals surface area contributed by atoms with Gasteiger partial charge in [-0.15, -0.1) is 0 Å². The maximum Gasteiger partial charge on any atom is 0.231 e. The number of carbonyl (C=O) groups excluding carboxylic acids is 1. The minimum atomic E-state index is -1.61. The van der Waals surface area contributed by atoms with E-state index in [9.17, 15) is 17.8 Å². The smallest absolute Gasteiger partial charge is 0.231 e. The van der Waals surface area contributed by atoms with Crippen molar-refractivity contribution >= 4 is 28.4 Å². The zero-order chi connectivity index (χ0) is 29.6. The zero-order valence-electron chi connectivity index (χ0n) is 24.1. The topological polar surface area (TPSA) is 65.0 Å². The largest absolute Gasteiger partial charge is 0.360 e. The number of anilines is 1. The Bertz CT molecular complexity index is 1560. The van der Waals surface area contributed by atoms with Crippen LogP contribution in [0.25, 0.3) is 0 Å². The number of hydrogen-bond acceptors (Lipinski definition) is 4. The fraction of sp³-hybridized carbons (Fsp3) is 0.394. The molecule has 6 nitrogen and oxygen atoms in total.